The molecule has 2 saturated carbocycles. The van der Waals surface area contributed by atoms with Gasteiger partial charge in [-0.3, -0.25) is 0 Å². The summed E-state index contributed by atoms with van der Waals surface area (Å²) < 4.78 is 51.7. The molecule has 0 spiro atoms. The van der Waals surface area contributed by atoms with E-state index in [4.69, 9.17) is 0 Å². The Morgan fingerprint density at radius 1 is 1.24 bits per heavy atom. The Kier molecular flexibility index (Phi) is 3.72. The van der Waals surface area contributed by atoms with Gasteiger partial charge in [-0.15, -0.1) is 0 Å². The monoisotopic (exact) mass is 301 g/mol. The minimum Gasteiger partial charge on any atom is -0.310 e. The van der Waals surface area contributed by atoms with E-state index in [2.05, 4.69) is 5.32 Å². The number of hydrogen-bond donors (Lipinski definition) is 1. The van der Waals surface area contributed by atoms with Crippen molar-refractivity contribution in [2.24, 2.45) is 17.8 Å². The number of nitrogens with one attached hydrogen (secondary N) is 1. The van der Waals surface area contributed by atoms with Crippen LogP contribution in [-0.2, 0) is 6.18 Å². The summed E-state index contributed by atoms with van der Waals surface area (Å²) >= 11 is 0. The van der Waals surface area contributed by atoms with E-state index in [0.717, 1.165) is 18.7 Å². The fourth-order valence-corrected chi connectivity index (χ4v) is 4.02. The molecule has 0 bridgehead atoms. The van der Waals surface area contributed by atoms with Crippen LogP contribution in [-0.4, -0.2) is 6.54 Å². The lowest BCUT2D eigenvalue weighted by molar-refractivity contribution is -0.140. The zero-order valence-corrected chi connectivity index (χ0v) is 11.9. The Labute approximate surface area is 121 Å². The summed E-state index contributed by atoms with van der Waals surface area (Å²) in [5.41, 5.74) is -0.542. The van der Waals surface area contributed by atoms with Gasteiger partial charge in [-0.25, -0.2) is 4.39 Å². The van der Waals surface area contributed by atoms with Crippen molar-refractivity contribution in [3.8, 4) is 0 Å². The van der Waals surface area contributed by atoms with Gasteiger partial charge in [0.25, 0.3) is 0 Å². The molecule has 3 unspecified atom stereocenters. The first-order valence-electron chi connectivity index (χ1n) is 7.53. The van der Waals surface area contributed by atoms with E-state index < -0.39 is 17.6 Å². The summed E-state index contributed by atoms with van der Waals surface area (Å²) in [6.07, 6.45) is -1.00. The Balaban J connectivity index is 1.85. The van der Waals surface area contributed by atoms with E-state index in [0.29, 0.717) is 23.3 Å². The minimum absolute atomic E-state index is 0.0258. The van der Waals surface area contributed by atoms with Gasteiger partial charge in [-0.2, -0.15) is 13.2 Å². The molecule has 2 fully saturated rings. The third-order valence-corrected chi connectivity index (χ3v) is 4.94. The van der Waals surface area contributed by atoms with Gasteiger partial charge in [-0.1, -0.05) is 19.4 Å². The Morgan fingerprint density at radius 3 is 2.43 bits per heavy atom. The van der Waals surface area contributed by atoms with E-state index in [-0.39, 0.29) is 6.04 Å². The van der Waals surface area contributed by atoms with E-state index in [1.807, 2.05) is 6.92 Å². The number of rotatable bonds is 4. The molecule has 21 heavy (non-hydrogen) atoms. The van der Waals surface area contributed by atoms with Crippen molar-refractivity contribution in [1.29, 1.82) is 0 Å². The molecule has 0 amide bonds. The predicted octanol–water partition coefficient (Wildman–Crippen LogP) is 4.54. The summed E-state index contributed by atoms with van der Waals surface area (Å²) in [6.45, 7) is 2.69. The average molecular weight is 301 g/mol. The molecule has 1 N–H and O–H groups in total. The molecule has 1 aromatic carbocycles. The number of benzene rings is 1. The second-order valence-corrected chi connectivity index (χ2v) is 6.11. The molecule has 3 atom stereocenters. The van der Waals surface area contributed by atoms with Crippen LogP contribution >= 0.6 is 0 Å². The van der Waals surface area contributed by atoms with Crippen molar-refractivity contribution < 1.29 is 17.6 Å². The first-order chi connectivity index (χ1) is 9.93. The standard InChI is InChI=1S/C16H19F4N/c1-2-21-15(14-10-4-3-5-11(10)14)9-6-7-12(13(17)8-9)16(18,19)20/h6-8,10-11,14-15,21H,2-5H2,1H3. The van der Waals surface area contributed by atoms with E-state index in [1.54, 1.807) is 0 Å². The van der Waals surface area contributed by atoms with Gasteiger partial charge in [0.05, 0.1) is 5.56 Å². The minimum atomic E-state index is -4.63. The van der Waals surface area contributed by atoms with Crippen LogP contribution in [0.25, 0.3) is 0 Å². The SMILES string of the molecule is CCNC(c1ccc(C(F)(F)F)c(F)c1)C1C2CCCC21. The molecule has 1 nitrogen and oxygen atoms in total. The molecule has 116 valence electrons. The predicted molar refractivity (Wildman–Crippen MR) is 72.1 cm³/mol. The number of alkyl halides is 3. The fourth-order valence-electron chi connectivity index (χ4n) is 4.02. The largest absolute Gasteiger partial charge is 0.419 e. The van der Waals surface area contributed by atoms with Crippen LogP contribution < -0.4 is 5.32 Å². The van der Waals surface area contributed by atoms with Crippen LogP contribution in [0.4, 0.5) is 17.6 Å². The molecule has 2 aliphatic rings. The van der Waals surface area contributed by atoms with Crippen LogP contribution in [0.5, 0.6) is 0 Å². The summed E-state index contributed by atoms with van der Waals surface area (Å²) in [6, 6.07) is 3.33. The molecule has 0 heterocycles. The van der Waals surface area contributed by atoms with Gasteiger partial charge in [-0.05, 0) is 54.8 Å². The van der Waals surface area contributed by atoms with E-state index >= 15 is 0 Å². The Hall–Kier alpha value is -1.10. The van der Waals surface area contributed by atoms with Gasteiger partial charge in [0.15, 0.2) is 0 Å². The molecule has 2 aliphatic carbocycles. The molecule has 3 rings (SSSR count). The highest BCUT2D eigenvalue weighted by Crippen LogP contribution is 2.62. The Bertz CT molecular complexity index is 515. The van der Waals surface area contributed by atoms with Gasteiger partial charge >= 0.3 is 6.18 Å². The molecular weight excluding hydrogens is 282 g/mol. The normalized spacial score (nSPS) is 29.3. The number of fused-ring (bicyclic) bond motifs is 1. The second kappa shape index (κ2) is 5.27. The zero-order chi connectivity index (χ0) is 15.2. The van der Waals surface area contributed by atoms with E-state index in [9.17, 15) is 17.6 Å². The fraction of sp³-hybridized carbons (Fsp3) is 0.625. The van der Waals surface area contributed by atoms with Crippen molar-refractivity contribution in [2.45, 2.75) is 38.4 Å². The molecule has 0 aromatic heterocycles. The molecule has 0 radical (unpaired) electrons. The highest BCUT2D eigenvalue weighted by atomic mass is 19.4. The van der Waals surface area contributed by atoms with Crippen LogP contribution in [0.2, 0.25) is 0 Å². The maximum absolute atomic E-state index is 13.8. The van der Waals surface area contributed by atoms with Gasteiger partial charge < -0.3 is 5.32 Å². The highest BCUT2D eigenvalue weighted by Gasteiger charge is 2.56. The van der Waals surface area contributed by atoms with Crippen molar-refractivity contribution >= 4 is 0 Å². The summed E-state index contributed by atoms with van der Waals surface area (Å²) in [5, 5.41) is 3.33. The smallest absolute Gasteiger partial charge is 0.310 e. The van der Waals surface area contributed by atoms with Gasteiger partial charge in [0, 0.05) is 6.04 Å². The van der Waals surface area contributed by atoms with Gasteiger partial charge in [0.2, 0.25) is 0 Å². The molecular formula is C16H19F4N. The van der Waals surface area contributed by atoms with Crippen LogP contribution in [0.15, 0.2) is 18.2 Å². The number of halogens is 4. The van der Waals surface area contributed by atoms with Crippen molar-refractivity contribution in [2.75, 3.05) is 6.54 Å². The van der Waals surface area contributed by atoms with Crippen LogP contribution in [0.1, 0.15) is 43.4 Å². The maximum Gasteiger partial charge on any atom is 0.419 e. The second-order valence-electron chi connectivity index (χ2n) is 6.11. The quantitative estimate of drug-likeness (QED) is 0.805. The third-order valence-electron chi connectivity index (χ3n) is 4.94. The summed E-state index contributed by atoms with van der Waals surface area (Å²) in [5.74, 6) is 0.613. The number of hydrogen-bond acceptors (Lipinski definition) is 1. The highest BCUT2D eigenvalue weighted by molar-refractivity contribution is 5.30. The maximum atomic E-state index is 13.8. The molecule has 1 aromatic rings. The first-order valence-corrected chi connectivity index (χ1v) is 7.53. The van der Waals surface area contributed by atoms with Crippen molar-refractivity contribution in [1.82, 2.24) is 5.32 Å². The lowest BCUT2D eigenvalue weighted by Gasteiger charge is -2.21. The average Bonchev–Trinajstić information content (AvgIpc) is 2.86. The van der Waals surface area contributed by atoms with Crippen LogP contribution in [0.3, 0.4) is 0 Å². The first kappa shape index (κ1) is 14.8. The molecule has 0 aliphatic heterocycles. The Morgan fingerprint density at radius 2 is 1.90 bits per heavy atom. The van der Waals surface area contributed by atoms with Gasteiger partial charge in [0.1, 0.15) is 5.82 Å². The summed E-state index contributed by atoms with van der Waals surface area (Å²) in [7, 11) is 0. The third kappa shape index (κ3) is 2.68. The lowest BCUT2D eigenvalue weighted by atomic mass is 9.95. The van der Waals surface area contributed by atoms with Crippen molar-refractivity contribution in [3.05, 3.63) is 35.1 Å². The topological polar surface area (TPSA) is 12.0 Å². The summed E-state index contributed by atoms with van der Waals surface area (Å²) in [4.78, 5) is 0. The molecule has 0 saturated heterocycles. The lowest BCUT2D eigenvalue weighted by Crippen LogP contribution is -2.25. The molecule has 5 heteroatoms. The zero-order valence-electron chi connectivity index (χ0n) is 11.9. The van der Waals surface area contributed by atoms with E-state index in [1.165, 1.54) is 25.3 Å². The van der Waals surface area contributed by atoms with Crippen LogP contribution in [0, 0.1) is 23.6 Å². The van der Waals surface area contributed by atoms with Crippen molar-refractivity contribution in [3.63, 3.8) is 0 Å².